The van der Waals surface area contributed by atoms with Crippen LogP contribution in [0.5, 0.6) is 0 Å². The molecule has 2 aliphatic heterocycles. The Bertz CT molecular complexity index is 3560. The molecule has 3 fully saturated rings. The number of hydrogen-bond acceptors (Lipinski definition) is 10. The minimum atomic E-state index is -1.13. The van der Waals surface area contributed by atoms with Gasteiger partial charge >= 0.3 is 18.2 Å². The zero-order valence-electron chi connectivity index (χ0n) is 54.8. The number of likely N-dealkylation sites (tertiary alicyclic amines) is 2. The second-order valence-electron chi connectivity index (χ2n) is 27.1. The van der Waals surface area contributed by atoms with Crippen LogP contribution in [0.1, 0.15) is 175 Å². The highest BCUT2D eigenvalue weighted by molar-refractivity contribution is 6.49. The van der Waals surface area contributed by atoms with Gasteiger partial charge in [-0.25, -0.2) is 9.59 Å². The first-order valence-electron chi connectivity index (χ1n) is 32.4. The zero-order chi connectivity index (χ0) is 67.3. The molecule has 2 heterocycles. The van der Waals surface area contributed by atoms with Gasteiger partial charge in [0.1, 0.15) is 29.3 Å². The first-order valence-corrected chi connectivity index (χ1v) is 33.2. The maximum absolute atomic E-state index is 13.3. The lowest BCUT2D eigenvalue weighted by atomic mass is 9.96. The molecule has 5 amide bonds. The number of hydrogen-bond donors (Lipinski definition) is 4. The summed E-state index contributed by atoms with van der Waals surface area (Å²) >= 11 is 12.5. The first-order chi connectivity index (χ1) is 44.1. The summed E-state index contributed by atoms with van der Waals surface area (Å²) in [6.07, 6.45) is 10.2. The van der Waals surface area contributed by atoms with Gasteiger partial charge in [0.2, 0.25) is 17.7 Å². The van der Waals surface area contributed by atoms with Crippen LogP contribution in [-0.4, -0.2) is 117 Å². The van der Waals surface area contributed by atoms with E-state index in [1.165, 1.54) is 33.4 Å². The summed E-state index contributed by atoms with van der Waals surface area (Å²) in [5.74, 6) is -1.48. The number of halogens is 2. The predicted octanol–water partition coefficient (Wildman–Crippen LogP) is 13.4. The van der Waals surface area contributed by atoms with Crippen LogP contribution in [0.2, 0.25) is 0 Å². The van der Waals surface area contributed by atoms with E-state index in [2.05, 4.69) is 64.5 Å². The van der Waals surface area contributed by atoms with Gasteiger partial charge in [-0.3, -0.25) is 38.6 Å². The quantitative estimate of drug-likeness (QED) is 0.0647. The van der Waals surface area contributed by atoms with Gasteiger partial charge in [-0.05, 0) is 188 Å². The Morgan fingerprint density at radius 2 is 0.882 bits per heavy atom. The van der Waals surface area contributed by atoms with Crippen LogP contribution in [0.25, 0.3) is 10.1 Å². The molecule has 5 aromatic carbocycles. The van der Waals surface area contributed by atoms with Crippen molar-refractivity contribution in [1.82, 2.24) is 25.8 Å². The third-order valence-corrected chi connectivity index (χ3v) is 18.4. The largest absolute Gasteiger partial charge is 0.480 e. The molecule has 0 bridgehead atoms. The average molecular weight is 1310 g/mol. The Hall–Kier alpha value is -8.08. The summed E-state index contributed by atoms with van der Waals surface area (Å²) in [6, 6.07) is 38.6. The highest BCUT2D eigenvalue weighted by Gasteiger charge is 2.44. The van der Waals surface area contributed by atoms with E-state index in [4.69, 9.17) is 37.8 Å². The van der Waals surface area contributed by atoms with E-state index in [9.17, 15) is 38.4 Å². The molecule has 0 spiro atoms. The fourth-order valence-electron chi connectivity index (χ4n) is 12.5. The van der Waals surface area contributed by atoms with Crippen LogP contribution in [-0.2, 0) is 63.9 Å². The highest BCUT2D eigenvalue weighted by atomic mass is 35.5. The van der Waals surface area contributed by atoms with E-state index < -0.39 is 65.5 Å². The van der Waals surface area contributed by atoms with E-state index in [1.807, 2.05) is 91.0 Å². The second-order valence-corrected chi connectivity index (χ2v) is 27.9. The van der Waals surface area contributed by atoms with Gasteiger partial charge in [0, 0.05) is 53.7 Å². The molecule has 4 N–H and O–H groups in total. The third kappa shape index (κ3) is 19.7. The molecule has 18 heteroatoms. The van der Waals surface area contributed by atoms with Crippen LogP contribution >= 0.6 is 23.2 Å². The lowest BCUT2D eigenvalue weighted by Gasteiger charge is -2.28. The molecule has 1 saturated carbocycles. The molecule has 0 aromatic heterocycles. The molecule has 16 nitrogen and oxygen atoms in total. The number of aliphatic carboxylic acids is 1. The number of Topliss-reactive ketones (excluding diaryl/α,β-unsaturated/α-hetero) is 2. The Morgan fingerprint density at radius 1 is 0.505 bits per heavy atom. The molecule has 0 radical (unpaired) electrons. The number of rotatable bonds is 18. The monoisotopic (exact) mass is 1310 g/mol. The van der Waals surface area contributed by atoms with Crippen LogP contribution < -0.4 is 16.0 Å². The van der Waals surface area contributed by atoms with Crippen molar-refractivity contribution < 1.29 is 52.9 Å². The molecule has 10 rings (SSSR count). The molecule has 5 aliphatic rings. The van der Waals surface area contributed by atoms with Gasteiger partial charge in [0.25, 0.3) is 0 Å². The number of ketones is 2. The van der Waals surface area contributed by atoms with Crippen molar-refractivity contribution in [2.75, 3.05) is 13.1 Å². The number of benzene rings is 5. The van der Waals surface area contributed by atoms with Crippen LogP contribution in [0.3, 0.4) is 0 Å². The van der Waals surface area contributed by atoms with Crippen molar-refractivity contribution in [3.8, 4) is 0 Å². The highest BCUT2D eigenvalue weighted by Crippen LogP contribution is 2.39. The summed E-state index contributed by atoms with van der Waals surface area (Å²) in [5.41, 5.74) is 8.74. The second kappa shape index (κ2) is 31.7. The molecular weight excluding hydrogens is 1220 g/mol. The maximum atomic E-state index is 13.3. The number of ether oxygens (including phenoxy) is 2. The summed E-state index contributed by atoms with van der Waals surface area (Å²) in [6.45, 7) is 16.3. The van der Waals surface area contributed by atoms with Crippen molar-refractivity contribution in [3.05, 3.63) is 190 Å². The summed E-state index contributed by atoms with van der Waals surface area (Å²) in [4.78, 5) is 104. The van der Waals surface area contributed by atoms with Crippen LogP contribution in [0.15, 0.2) is 140 Å². The SMILES string of the molecule is C[C@H](NC(=O)[C@@H]1CC[C@@H](c2ccccc2)C1)C(=O)CCc1ccc2c(c1)C(Cl)=CC2.C[C@H](NC(=O)[C@H]1C[C@H](c2ccccc2)CN1C(=O)OC(C)(C)C)C(=O)CCc1ccc2c(c1)C(Cl)=CC2.C[C@H](NC(=O)[C@H]1C[C@H](c2ccccc2)CN1C(=O)OC(C)(C)C)C(=O)O. The molecule has 9 atom stereocenters. The molecule has 3 aliphatic carbocycles. The molecule has 2 saturated heterocycles. The molecule has 93 heavy (non-hydrogen) atoms. The number of fused-ring (bicyclic) bond motifs is 2. The molecule has 5 aromatic rings. The number of nitrogens with zero attached hydrogens (tertiary/aromatic N) is 2. The number of carbonyl (C=O) groups excluding carboxylic acids is 7. The average Bonchev–Trinajstić information content (AvgIpc) is 1.75. The lowest BCUT2D eigenvalue weighted by molar-refractivity contribution is -0.141. The fourth-order valence-corrected chi connectivity index (χ4v) is 13.0. The maximum Gasteiger partial charge on any atom is 0.410 e. The number of carboxylic acids is 1. The van der Waals surface area contributed by atoms with Crippen molar-refractivity contribution in [2.45, 2.75) is 192 Å². The number of carbonyl (C=O) groups is 8. The number of allylic oxidation sites excluding steroid dienone is 2. The zero-order valence-corrected chi connectivity index (χ0v) is 56.4. The van der Waals surface area contributed by atoms with Crippen molar-refractivity contribution in [3.63, 3.8) is 0 Å². The van der Waals surface area contributed by atoms with Gasteiger partial charge in [-0.2, -0.15) is 0 Å². The van der Waals surface area contributed by atoms with Crippen molar-refractivity contribution >= 4 is 80.7 Å². The van der Waals surface area contributed by atoms with Crippen LogP contribution in [0.4, 0.5) is 9.59 Å². The van der Waals surface area contributed by atoms with Crippen molar-refractivity contribution in [2.24, 2.45) is 5.92 Å². The topological polar surface area (TPSA) is 218 Å². The fraction of sp³-hybridized carbons (Fsp3) is 0.440. The summed E-state index contributed by atoms with van der Waals surface area (Å²) in [7, 11) is 0. The van der Waals surface area contributed by atoms with Gasteiger partial charge in [0.15, 0.2) is 11.6 Å². The van der Waals surface area contributed by atoms with E-state index in [-0.39, 0.29) is 41.1 Å². The van der Waals surface area contributed by atoms with Gasteiger partial charge in [0.05, 0.1) is 12.1 Å². The molecular formula is C75H89Cl2N5O11. The smallest absolute Gasteiger partial charge is 0.410 e. The normalized spacial score (nSPS) is 20.5. The Labute approximate surface area is 557 Å². The number of aryl methyl sites for hydroxylation is 2. The Morgan fingerprint density at radius 3 is 1.27 bits per heavy atom. The Balaban J connectivity index is 0.000000182. The van der Waals surface area contributed by atoms with Crippen molar-refractivity contribution in [1.29, 1.82) is 0 Å². The predicted molar refractivity (Wildman–Crippen MR) is 363 cm³/mol. The van der Waals surface area contributed by atoms with E-state index in [0.717, 1.165) is 75.5 Å². The first kappa shape index (κ1) is 70.8. The van der Waals surface area contributed by atoms with Gasteiger partial charge in [-0.1, -0.05) is 151 Å². The van der Waals surface area contributed by atoms with E-state index >= 15 is 0 Å². The molecule has 494 valence electrons. The van der Waals surface area contributed by atoms with E-state index in [1.54, 1.807) is 55.4 Å². The summed E-state index contributed by atoms with van der Waals surface area (Å²) in [5, 5.41) is 18.8. The number of carboxylic acid groups (broad SMARTS) is 1. The minimum Gasteiger partial charge on any atom is -0.480 e. The number of amides is 5. The van der Waals surface area contributed by atoms with Gasteiger partial charge < -0.3 is 30.5 Å². The molecule has 0 unspecified atom stereocenters. The van der Waals surface area contributed by atoms with E-state index in [0.29, 0.717) is 57.5 Å². The lowest BCUT2D eigenvalue weighted by Crippen LogP contribution is -2.50. The standard InChI is InChI=1S/C30H35ClN2O4.C26H28ClNO2.C19H26N2O5/c1-19(27(34)15-11-20-10-12-22-13-14-25(31)24(22)16-20)32-28(35)26-17-23(21-8-6-5-7-9-21)18-33(26)29(36)37-30(2,3)4;1-17(25(29)14-8-18-7-9-20-12-13-24(27)23(20)15-18)28-26(30)22-11-10-21(16-22)19-5-3-2-4-6-19;1-12(17(23)24)20-16(22)15-10-14(13-8-6-5-7-9-13)11-21(15)18(25)26-19(2,3)4/h5-10,12,14,16,19,23,26H,11,13,15,17-18H2,1-4H3,(H,32,35);2-7,9,13,15,17,21-22H,8,10-12,14,16H2,1H3,(H,28,30);5-9,12,14-15H,10-11H2,1-4H3,(H,20,22)(H,23,24)/t19-,23-,26+;17-,21+,22+;12-,14-,15+/m000/s1. The van der Waals surface area contributed by atoms with Crippen LogP contribution in [0, 0.1) is 5.92 Å². The Kier molecular flexibility index (Phi) is 24.1. The third-order valence-electron chi connectivity index (χ3n) is 17.7. The minimum absolute atomic E-state index is 0.00361. The number of nitrogens with one attached hydrogen (secondary N) is 3. The summed E-state index contributed by atoms with van der Waals surface area (Å²) < 4.78 is 11.0. The van der Waals surface area contributed by atoms with Gasteiger partial charge in [-0.15, -0.1) is 0 Å².